The van der Waals surface area contributed by atoms with Gasteiger partial charge in [0.1, 0.15) is 0 Å². The molecule has 0 aliphatic rings. The first-order valence-corrected chi connectivity index (χ1v) is 6.00. The average Bonchev–Trinajstić information content (AvgIpc) is 2.05. The number of hydrogen-bond acceptors (Lipinski definition) is 2. The fourth-order valence-electron chi connectivity index (χ4n) is 1.04. The van der Waals surface area contributed by atoms with Crippen molar-refractivity contribution < 1.29 is 7.48 Å². The summed E-state index contributed by atoms with van der Waals surface area (Å²) >= 11 is 0.350. The molecular formula is C8H15O2Tl. The molecule has 0 amide bonds. The Kier molecular flexibility index (Phi) is 7.32. The van der Waals surface area contributed by atoms with Crippen LogP contribution in [0.5, 0.6) is 0 Å². The van der Waals surface area contributed by atoms with Crippen LogP contribution in [-0.2, 0) is 7.48 Å². The Morgan fingerprint density at radius 2 is 2.18 bits per heavy atom. The molecule has 1 atom stereocenters. The van der Waals surface area contributed by atoms with Crippen LogP contribution < -0.4 is 0 Å². The standard InChI is InChI=1S/C8H16O2.Tl/c1-3-5-6-7(4-2)8(9)10;/h7H,3-6H2,1-2H3,(H,9,10);/q;+1/p-1. The third-order valence-electron chi connectivity index (χ3n) is 1.85. The van der Waals surface area contributed by atoms with Gasteiger partial charge in [0.2, 0.25) is 0 Å². The maximum atomic E-state index is 11.1. The number of carbonyl (C=O) groups excluding carboxylic acids is 1. The molecule has 0 aromatic heterocycles. The van der Waals surface area contributed by atoms with Crippen LogP contribution in [0.4, 0.5) is 0 Å². The Morgan fingerprint density at radius 3 is 2.55 bits per heavy atom. The Morgan fingerprint density at radius 1 is 1.55 bits per heavy atom. The second kappa shape index (κ2) is 7.06. The minimum absolute atomic E-state index is 0.0194. The van der Waals surface area contributed by atoms with Gasteiger partial charge in [-0.1, -0.05) is 0 Å². The predicted molar refractivity (Wildman–Crippen MR) is 45.2 cm³/mol. The normalized spacial score (nSPS) is 12.5. The molecule has 0 saturated carbocycles. The molecule has 0 N–H and O–H groups in total. The SMILES string of the molecule is CCCCC(CC)C(=O)[O][Tl]. The fourth-order valence-corrected chi connectivity index (χ4v) is 1.78. The Hall–Kier alpha value is 0.392. The summed E-state index contributed by atoms with van der Waals surface area (Å²) in [4.78, 5) is 11.1. The van der Waals surface area contributed by atoms with Gasteiger partial charge >= 0.3 is 85.1 Å². The monoisotopic (exact) mass is 348 g/mol. The van der Waals surface area contributed by atoms with Crippen molar-refractivity contribution in [1.29, 1.82) is 0 Å². The summed E-state index contributed by atoms with van der Waals surface area (Å²) in [6.07, 6.45) is 4.22. The van der Waals surface area contributed by atoms with Crippen LogP contribution in [0.25, 0.3) is 0 Å². The molecule has 0 fully saturated rings. The van der Waals surface area contributed by atoms with Gasteiger partial charge in [-0.15, -0.1) is 0 Å². The van der Waals surface area contributed by atoms with Crippen molar-refractivity contribution in [2.75, 3.05) is 0 Å². The summed E-state index contributed by atoms with van der Waals surface area (Å²) < 4.78 is 4.83. The van der Waals surface area contributed by atoms with Crippen molar-refractivity contribution in [3.63, 3.8) is 0 Å². The van der Waals surface area contributed by atoms with Crippen LogP contribution in [0, 0.1) is 5.92 Å². The van der Waals surface area contributed by atoms with E-state index in [1.807, 2.05) is 6.92 Å². The molecule has 3 heteroatoms. The van der Waals surface area contributed by atoms with E-state index in [1.54, 1.807) is 0 Å². The Labute approximate surface area is 85.0 Å². The van der Waals surface area contributed by atoms with E-state index in [-0.39, 0.29) is 11.9 Å². The first kappa shape index (κ1) is 11.4. The Bertz CT molecular complexity index is 115. The summed E-state index contributed by atoms with van der Waals surface area (Å²) in [6, 6.07) is 0. The molecule has 0 aromatic carbocycles. The molecule has 0 saturated heterocycles. The average molecular weight is 348 g/mol. The fraction of sp³-hybridized carbons (Fsp3) is 0.875. The van der Waals surface area contributed by atoms with Crippen LogP contribution in [0.1, 0.15) is 39.5 Å². The molecule has 0 aliphatic carbocycles. The van der Waals surface area contributed by atoms with Crippen molar-refractivity contribution in [2.45, 2.75) is 39.5 Å². The predicted octanol–water partition coefficient (Wildman–Crippen LogP) is 1.83. The van der Waals surface area contributed by atoms with Gasteiger partial charge in [-0.05, 0) is 0 Å². The van der Waals surface area contributed by atoms with Crippen molar-refractivity contribution in [3.8, 4) is 0 Å². The van der Waals surface area contributed by atoms with Crippen molar-refractivity contribution in [1.82, 2.24) is 0 Å². The molecule has 1 unspecified atom stereocenters. The van der Waals surface area contributed by atoms with E-state index in [9.17, 15) is 4.79 Å². The van der Waals surface area contributed by atoms with E-state index in [0.29, 0.717) is 26.2 Å². The van der Waals surface area contributed by atoms with Crippen molar-refractivity contribution in [2.24, 2.45) is 5.92 Å². The summed E-state index contributed by atoms with van der Waals surface area (Å²) in [5.74, 6) is 0.186. The molecule has 2 nitrogen and oxygen atoms in total. The molecule has 0 aromatic rings. The molecule has 11 heavy (non-hydrogen) atoms. The summed E-state index contributed by atoms with van der Waals surface area (Å²) in [5, 5.41) is 0. The van der Waals surface area contributed by atoms with E-state index in [0.717, 1.165) is 25.7 Å². The molecule has 0 bridgehead atoms. The molecule has 0 aliphatic heterocycles. The van der Waals surface area contributed by atoms with E-state index in [2.05, 4.69) is 6.92 Å². The summed E-state index contributed by atoms with van der Waals surface area (Å²) in [6.45, 7) is 4.18. The second-order valence-electron chi connectivity index (χ2n) is 2.68. The zero-order valence-electron chi connectivity index (χ0n) is 7.30. The minimum atomic E-state index is 0.0194. The molecule has 0 heterocycles. The van der Waals surface area contributed by atoms with Gasteiger partial charge in [-0.3, -0.25) is 0 Å². The zero-order chi connectivity index (χ0) is 8.69. The zero-order valence-corrected chi connectivity index (χ0v) is 11.8. The third-order valence-corrected chi connectivity index (χ3v) is 2.75. The van der Waals surface area contributed by atoms with Gasteiger partial charge in [0.15, 0.2) is 0 Å². The van der Waals surface area contributed by atoms with Crippen molar-refractivity contribution in [3.05, 3.63) is 0 Å². The van der Waals surface area contributed by atoms with E-state index >= 15 is 0 Å². The van der Waals surface area contributed by atoms with Crippen LogP contribution in [0.3, 0.4) is 0 Å². The van der Waals surface area contributed by atoms with Crippen LogP contribution in [-0.4, -0.2) is 32.2 Å². The van der Waals surface area contributed by atoms with Gasteiger partial charge in [-0.2, -0.15) is 0 Å². The van der Waals surface area contributed by atoms with Crippen molar-refractivity contribution >= 4 is 32.2 Å². The number of hydrogen-bond donors (Lipinski definition) is 0. The molecular weight excluding hydrogens is 332 g/mol. The van der Waals surface area contributed by atoms with Gasteiger partial charge in [-0.25, -0.2) is 0 Å². The van der Waals surface area contributed by atoms with Crippen LogP contribution in [0.2, 0.25) is 0 Å². The summed E-state index contributed by atoms with van der Waals surface area (Å²) in [5.41, 5.74) is 0. The van der Waals surface area contributed by atoms with Gasteiger partial charge in [0.05, 0.1) is 0 Å². The van der Waals surface area contributed by atoms with Gasteiger partial charge in [0, 0.05) is 0 Å². The molecule has 62 valence electrons. The number of carbonyl (C=O) groups is 1. The first-order valence-electron chi connectivity index (χ1n) is 4.16. The third kappa shape index (κ3) is 4.77. The van der Waals surface area contributed by atoms with E-state index < -0.39 is 0 Å². The summed E-state index contributed by atoms with van der Waals surface area (Å²) in [7, 11) is 0. The molecule has 0 radical (unpaired) electrons. The number of rotatable bonds is 5. The maximum absolute atomic E-state index is 11.1. The Balaban J connectivity index is 3.65. The first-order chi connectivity index (χ1) is 5.26. The van der Waals surface area contributed by atoms with E-state index in [1.165, 1.54) is 0 Å². The number of unbranched alkanes of at least 4 members (excludes halogenated alkanes) is 1. The van der Waals surface area contributed by atoms with Crippen LogP contribution in [0.15, 0.2) is 0 Å². The van der Waals surface area contributed by atoms with Gasteiger partial charge < -0.3 is 0 Å². The van der Waals surface area contributed by atoms with E-state index in [4.69, 9.17) is 2.69 Å². The molecule has 0 spiro atoms. The second-order valence-corrected chi connectivity index (χ2v) is 3.60. The van der Waals surface area contributed by atoms with Crippen LogP contribution >= 0.6 is 0 Å². The topological polar surface area (TPSA) is 26.3 Å². The van der Waals surface area contributed by atoms with Gasteiger partial charge in [0.25, 0.3) is 0 Å². The quantitative estimate of drug-likeness (QED) is 0.709. The molecule has 0 rings (SSSR count).